The van der Waals surface area contributed by atoms with Crippen LogP contribution in [0.2, 0.25) is 19.6 Å². The second-order valence-corrected chi connectivity index (χ2v) is 11.6. The molecule has 1 fully saturated rings. The quantitative estimate of drug-likeness (QED) is 0.348. The van der Waals surface area contributed by atoms with Crippen LogP contribution in [0, 0.1) is 11.5 Å². The van der Waals surface area contributed by atoms with E-state index in [-0.39, 0.29) is 0 Å². The zero-order chi connectivity index (χ0) is 16.3. The minimum absolute atomic E-state index is 0.309. The van der Waals surface area contributed by atoms with E-state index in [4.69, 9.17) is 0 Å². The molecule has 0 unspecified atom stereocenters. The van der Waals surface area contributed by atoms with Crippen LogP contribution in [0.1, 0.15) is 23.2 Å². The van der Waals surface area contributed by atoms with E-state index in [2.05, 4.69) is 102 Å². The van der Waals surface area contributed by atoms with E-state index in [1.54, 1.807) is 6.21 Å². The predicted octanol–water partition coefficient (Wildman–Crippen LogP) is 4.65. The minimum Gasteiger partial charge on any atom is -0.276 e. The lowest BCUT2D eigenvalue weighted by Gasteiger charge is -2.02. The third kappa shape index (κ3) is 3.91. The van der Waals surface area contributed by atoms with Crippen LogP contribution in [0.15, 0.2) is 65.8 Å². The van der Waals surface area contributed by atoms with Gasteiger partial charge in [-0.3, -0.25) is 5.01 Å². The first-order valence-electron chi connectivity index (χ1n) is 8.00. The molecule has 1 heterocycles. The van der Waals surface area contributed by atoms with Crippen molar-refractivity contribution in [1.29, 1.82) is 0 Å². The van der Waals surface area contributed by atoms with Crippen molar-refractivity contribution in [2.24, 2.45) is 5.10 Å². The molecule has 3 rings (SSSR count). The smallest absolute Gasteiger partial charge is 0.129 e. The lowest BCUT2D eigenvalue weighted by atomic mass is 10.0. The van der Waals surface area contributed by atoms with Crippen LogP contribution in [0.3, 0.4) is 0 Å². The number of nitrogens with zero attached hydrogens (tertiary/aromatic N) is 2. The fraction of sp³-hybridized carbons (Fsp3) is 0.250. The van der Waals surface area contributed by atoms with Crippen LogP contribution >= 0.6 is 0 Å². The van der Waals surface area contributed by atoms with Gasteiger partial charge in [-0.1, -0.05) is 86.2 Å². The van der Waals surface area contributed by atoms with Gasteiger partial charge in [-0.2, -0.15) is 5.10 Å². The first-order chi connectivity index (χ1) is 11.1. The minimum atomic E-state index is -1.34. The molecular formula is C20H22N2Si. The van der Waals surface area contributed by atoms with E-state index in [0.717, 1.165) is 0 Å². The normalized spacial score (nSPS) is 20.2. The monoisotopic (exact) mass is 318 g/mol. The Bertz CT molecular complexity index is 690. The molecule has 0 N–H and O–H groups in total. The van der Waals surface area contributed by atoms with Gasteiger partial charge in [-0.15, -0.1) is 5.54 Å². The predicted molar refractivity (Wildman–Crippen MR) is 99.8 cm³/mol. The van der Waals surface area contributed by atoms with Crippen LogP contribution in [0.5, 0.6) is 0 Å². The average molecular weight is 318 g/mol. The van der Waals surface area contributed by atoms with E-state index in [0.29, 0.717) is 12.1 Å². The second kappa shape index (κ2) is 6.43. The van der Waals surface area contributed by atoms with Gasteiger partial charge in [0.1, 0.15) is 8.07 Å². The molecule has 2 nitrogen and oxygen atoms in total. The molecule has 23 heavy (non-hydrogen) atoms. The Labute approximate surface area is 139 Å². The summed E-state index contributed by atoms with van der Waals surface area (Å²) in [6.07, 6.45) is 1.76. The maximum atomic E-state index is 4.61. The lowest BCUT2D eigenvalue weighted by Crippen LogP contribution is -2.16. The number of rotatable bonds is 3. The highest BCUT2D eigenvalue weighted by Gasteiger charge is 2.49. The molecule has 2 aromatic carbocycles. The molecule has 116 valence electrons. The molecule has 3 heteroatoms. The molecule has 2 aromatic rings. The van der Waals surface area contributed by atoms with Gasteiger partial charge >= 0.3 is 0 Å². The van der Waals surface area contributed by atoms with E-state index >= 15 is 0 Å². The summed E-state index contributed by atoms with van der Waals surface area (Å²) in [4.78, 5) is 0. The van der Waals surface area contributed by atoms with E-state index in [1.165, 1.54) is 11.1 Å². The highest BCUT2D eigenvalue weighted by Crippen LogP contribution is 2.54. The Morgan fingerprint density at radius 1 is 0.870 bits per heavy atom. The van der Waals surface area contributed by atoms with Crippen molar-refractivity contribution in [2.75, 3.05) is 0 Å². The van der Waals surface area contributed by atoms with E-state index in [9.17, 15) is 0 Å². The lowest BCUT2D eigenvalue weighted by molar-refractivity contribution is 0.525. The largest absolute Gasteiger partial charge is 0.276 e. The standard InChI is InChI=1S/C20H22N2Si/c1-23(2,3)16-10-15-21-22-19(17-11-6-4-7-12-17)20(22)18-13-8-5-9-14-18/h4-9,11-15,19-20H,1-3H3/b21-15+/t19-,20-/m0/s1. The topological polar surface area (TPSA) is 15.4 Å². The Hall–Kier alpha value is -2.31. The number of hydrogen-bond acceptors (Lipinski definition) is 2. The van der Waals surface area contributed by atoms with Crippen molar-refractivity contribution >= 4 is 14.3 Å². The maximum absolute atomic E-state index is 4.61. The van der Waals surface area contributed by atoms with Crippen molar-refractivity contribution in [3.8, 4) is 11.5 Å². The van der Waals surface area contributed by atoms with Crippen LogP contribution < -0.4 is 0 Å². The summed E-state index contributed by atoms with van der Waals surface area (Å²) < 4.78 is 0. The van der Waals surface area contributed by atoms with Gasteiger partial charge in [0.25, 0.3) is 0 Å². The molecule has 0 bridgehead atoms. The zero-order valence-electron chi connectivity index (χ0n) is 13.9. The second-order valence-electron chi connectivity index (χ2n) is 6.85. The summed E-state index contributed by atoms with van der Waals surface area (Å²) in [5.74, 6) is 3.12. The molecule has 0 spiro atoms. The SMILES string of the molecule is C[Si](C)(C)C#C/C=N/N1[C@@H](c2ccccc2)[C@@H]1c1ccccc1. The van der Waals surface area contributed by atoms with Crippen molar-refractivity contribution in [1.82, 2.24) is 5.01 Å². The van der Waals surface area contributed by atoms with Crippen molar-refractivity contribution in [2.45, 2.75) is 31.7 Å². The summed E-state index contributed by atoms with van der Waals surface area (Å²) >= 11 is 0. The molecule has 1 aliphatic heterocycles. The fourth-order valence-corrected chi connectivity index (χ4v) is 3.18. The molecule has 0 aromatic heterocycles. The van der Waals surface area contributed by atoms with Gasteiger partial charge in [-0.05, 0) is 11.1 Å². The maximum Gasteiger partial charge on any atom is 0.129 e. The number of hydrazone groups is 1. The molecule has 0 saturated carbocycles. The zero-order valence-corrected chi connectivity index (χ0v) is 14.9. The molecule has 2 atom stereocenters. The Morgan fingerprint density at radius 3 is 1.78 bits per heavy atom. The summed E-state index contributed by atoms with van der Waals surface area (Å²) in [7, 11) is -1.34. The van der Waals surface area contributed by atoms with E-state index in [1.807, 2.05) is 0 Å². The molecule has 0 aliphatic carbocycles. The average Bonchev–Trinajstić information content (AvgIpc) is 3.27. The number of benzene rings is 2. The van der Waals surface area contributed by atoms with Gasteiger partial charge in [0.2, 0.25) is 0 Å². The molecule has 1 saturated heterocycles. The van der Waals surface area contributed by atoms with Crippen LogP contribution in [0.4, 0.5) is 0 Å². The van der Waals surface area contributed by atoms with E-state index < -0.39 is 8.07 Å². The molecular weight excluding hydrogens is 296 g/mol. The Kier molecular flexibility index (Phi) is 4.36. The first-order valence-corrected chi connectivity index (χ1v) is 11.5. The highest BCUT2D eigenvalue weighted by atomic mass is 28.3. The first kappa shape index (κ1) is 15.6. The van der Waals surface area contributed by atoms with Gasteiger partial charge in [-0.25, -0.2) is 0 Å². The van der Waals surface area contributed by atoms with Crippen molar-refractivity contribution in [3.05, 3.63) is 71.8 Å². The highest BCUT2D eigenvalue weighted by molar-refractivity contribution is 6.84. The molecule has 0 amide bonds. The number of hydrogen-bond donors (Lipinski definition) is 0. The summed E-state index contributed by atoms with van der Waals surface area (Å²) in [5, 5.41) is 6.75. The Morgan fingerprint density at radius 2 is 1.35 bits per heavy atom. The third-order valence-corrected chi connectivity index (χ3v) is 4.66. The molecule has 0 radical (unpaired) electrons. The van der Waals surface area contributed by atoms with Crippen molar-refractivity contribution < 1.29 is 0 Å². The van der Waals surface area contributed by atoms with Gasteiger partial charge < -0.3 is 0 Å². The van der Waals surface area contributed by atoms with Crippen LogP contribution in [-0.2, 0) is 0 Å². The van der Waals surface area contributed by atoms with Crippen LogP contribution in [0.25, 0.3) is 0 Å². The van der Waals surface area contributed by atoms with Gasteiger partial charge in [0.15, 0.2) is 0 Å². The van der Waals surface area contributed by atoms with Crippen molar-refractivity contribution in [3.63, 3.8) is 0 Å². The van der Waals surface area contributed by atoms with Gasteiger partial charge in [0.05, 0.1) is 18.3 Å². The van der Waals surface area contributed by atoms with Gasteiger partial charge in [0, 0.05) is 0 Å². The third-order valence-electron chi connectivity index (χ3n) is 3.76. The van der Waals surface area contributed by atoms with Crippen LogP contribution in [-0.4, -0.2) is 19.3 Å². The summed E-state index contributed by atoms with van der Waals surface area (Å²) in [6.45, 7) is 6.72. The summed E-state index contributed by atoms with van der Waals surface area (Å²) in [6, 6.07) is 21.7. The summed E-state index contributed by atoms with van der Waals surface area (Å²) in [5.41, 5.74) is 5.93. The molecule has 1 aliphatic rings. The fourth-order valence-electron chi connectivity index (χ4n) is 2.68. The Balaban J connectivity index is 1.82.